The number of hydrogen-bond donors (Lipinski definition) is 1. The van der Waals surface area contributed by atoms with Crippen LogP contribution in [0.2, 0.25) is 0 Å². The second-order valence-electron chi connectivity index (χ2n) is 5.33. The normalized spacial score (nSPS) is 19.7. The van der Waals surface area contributed by atoms with Gasteiger partial charge in [-0.2, -0.15) is 0 Å². The molecule has 1 atom stereocenters. The van der Waals surface area contributed by atoms with Gasteiger partial charge in [0.25, 0.3) is 0 Å². The molecule has 0 saturated heterocycles. The van der Waals surface area contributed by atoms with Gasteiger partial charge in [-0.1, -0.05) is 25.7 Å². The van der Waals surface area contributed by atoms with Crippen molar-refractivity contribution < 1.29 is 4.79 Å². The molecule has 1 amide bonds. The number of likely N-dealkylation sites (N-methyl/N-ethyl adjacent to an activating group) is 1. The first kappa shape index (κ1) is 14.5. The van der Waals surface area contributed by atoms with E-state index in [0.29, 0.717) is 12.6 Å². The van der Waals surface area contributed by atoms with Gasteiger partial charge in [0.05, 0.1) is 6.54 Å². The fraction of sp³-hybridized carbons (Fsp3) is 0.929. The second-order valence-corrected chi connectivity index (χ2v) is 5.33. The van der Waals surface area contributed by atoms with Crippen LogP contribution in [0, 0.1) is 5.92 Å². The summed E-state index contributed by atoms with van der Waals surface area (Å²) in [7, 11) is 1.86. The van der Waals surface area contributed by atoms with Crippen molar-refractivity contribution in [2.45, 2.75) is 58.4 Å². The minimum atomic E-state index is 0.202. The van der Waals surface area contributed by atoms with E-state index in [-0.39, 0.29) is 5.91 Å². The van der Waals surface area contributed by atoms with Crippen LogP contribution in [0.1, 0.15) is 52.4 Å². The Kier molecular flexibility index (Phi) is 6.56. The lowest BCUT2D eigenvalue weighted by atomic mass is 9.93. The van der Waals surface area contributed by atoms with E-state index in [1.165, 1.54) is 38.5 Å². The zero-order chi connectivity index (χ0) is 12.7. The maximum absolute atomic E-state index is 11.7. The number of nitrogens with zero attached hydrogens (tertiary/aromatic N) is 1. The van der Waals surface area contributed by atoms with Crippen LogP contribution in [0.4, 0.5) is 0 Å². The van der Waals surface area contributed by atoms with Crippen molar-refractivity contribution in [2.24, 2.45) is 5.92 Å². The van der Waals surface area contributed by atoms with E-state index in [1.807, 2.05) is 14.0 Å². The molecule has 3 nitrogen and oxygen atoms in total. The van der Waals surface area contributed by atoms with Crippen LogP contribution in [0.15, 0.2) is 0 Å². The lowest BCUT2D eigenvalue weighted by Gasteiger charge is -2.24. The molecule has 3 heteroatoms. The van der Waals surface area contributed by atoms with E-state index in [9.17, 15) is 4.79 Å². The molecule has 0 aromatic rings. The molecule has 1 aliphatic rings. The molecule has 0 aromatic heterocycles. The summed E-state index contributed by atoms with van der Waals surface area (Å²) in [5, 5.41) is 3.40. The summed E-state index contributed by atoms with van der Waals surface area (Å²) < 4.78 is 0. The molecular weight excluding hydrogens is 212 g/mol. The molecule has 17 heavy (non-hydrogen) atoms. The Hall–Kier alpha value is -0.570. The number of nitrogens with one attached hydrogen (secondary N) is 1. The predicted octanol–water partition coefficient (Wildman–Crippen LogP) is 2.41. The van der Waals surface area contributed by atoms with Crippen LogP contribution in [0.5, 0.6) is 0 Å². The fourth-order valence-electron chi connectivity index (χ4n) is 2.54. The quantitative estimate of drug-likeness (QED) is 0.749. The number of hydrogen-bond acceptors (Lipinski definition) is 2. The number of rotatable bonds is 5. The van der Waals surface area contributed by atoms with Gasteiger partial charge < -0.3 is 10.2 Å². The molecule has 1 rings (SSSR count). The van der Waals surface area contributed by atoms with E-state index in [2.05, 4.69) is 12.2 Å². The highest BCUT2D eigenvalue weighted by Crippen LogP contribution is 2.25. The van der Waals surface area contributed by atoms with Crippen molar-refractivity contribution >= 4 is 5.91 Å². The van der Waals surface area contributed by atoms with E-state index in [1.54, 1.807) is 4.90 Å². The molecular formula is C14H28N2O. The van der Waals surface area contributed by atoms with Crippen LogP contribution in [0.25, 0.3) is 0 Å². The standard InChI is InChI=1S/C14H28N2O/c1-4-16(3)14(17)11-15-12(2)13-9-7-5-6-8-10-13/h12-13,15H,4-11H2,1-3H3/t12-/m0/s1. The highest BCUT2D eigenvalue weighted by atomic mass is 16.2. The van der Waals surface area contributed by atoms with Gasteiger partial charge in [-0.3, -0.25) is 4.79 Å². The minimum Gasteiger partial charge on any atom is -0.345 e. The van der Waals surface area contributed by atoms with Crippen molar-refractivity contribution in [1.29, 1.82) is 0 Å². The van der Waals surface area contributed by atoms with E-state index in [0.717, 1.165) is 12.5 Å². The molecule has 1 N–H and O–H groups in total. The highest BCUT2D eigenvalue weighted by Gasteiger charge is 2.19. The Labute approximate surface area is 106 Å². The molecule has 0 aliphatic heterocycles. The van der Waals surface area contributed by atoms with Crippen molar-refractivity contribution in [3.63, 3.8) is 0 Å². The molecule has 1 aliphatic carbocycles. The highest BCUT2D eigenvalue weighted by molar-refractivity contribution is 5.77. The number of carbonyl (C=O) groups is 1. The van der Waals surface area contributed by atoms with Gasteiger partial charge in [0.1, 0.15) is 0 Å². The average molecular weight is 240 g/mol. The van der Waals surface area contributed by atoms with Gasteiger partial charge in [-0.15, -0.1) is 0 Å². The molecule has 0 heterocycles. The number of amides is 1. The van der Waals surface area contributed by atoms with Crippen LogP contribution in [0.3, 0.4) is 0 Å². The predicted molar refractivity (Wildman–Crippen MR) is 72.0 cm³/mol. The van der Waals surface area contributed by atoms with E-state index >= 15 is 0 Å². The minimum absolute atomic E-state index is 0.202. The zero-order valence-electron chi connectivity index (χ0n) is 11.7. The lowest BCUT2D eigenvalue weighted by molar-refractivity contribution is -0.128. The average Bonchev–Trinajstić information content (AvgIpc) is 2.63. The zero-order valence-corrected chi connectivity index (χ0v) is 11.7. The Morgan fingerprint density at radius 2 is 1.88 bits per heavy atom. The van der Waals surface area contributed by atoms with Crippen molar-refractivity contribution in [1.82, 2.24) is 10.2 Å². The topological polar surface area (TPSA) is 32.3 Å². The third-order valence-electron chi connectivity index (χ3n) is 4.08. The van der Waals surface area contributed by atoms with Crippen molar-refractivity contribution in [3.8, 4) is 0 Å². The summed E-state index contributed by atoms with van der Waals surface area (Å²) in [6, 6.07) is 0.474. The van der Waals surface area contributed by atoms with Crippen LogP contribution in [-0.4, -0.2) is 37.0 Å². The molecule has 0 aromatic carbocycles. The monoisotopic (exact) mass is 240 g/mol. The smallest absolute Gasteiger partial charge is 0.236 e. The Bertz CT molecular complexity index is 222. The number of carbonyl (C=O) groups excluding carboxylic acids is 1. The third-order valence-corrected chi connectivity index (χ3v) is 4.08. The molecule has 0 spiro atoms. The van der Waals surface area contributed by atoms with E-state index < -0.39 is 0 Å². The lowest BCUT2D eigenvalue weighted by Crippen LogP contribution is -2.41. The Morgan fingerprint density at radius 1 is 1.29 bits per heavy atom. The largest absolute Gasteiger partial charge is 0.345 e. The molecule has 100 valence electrons. The molecule has 1 fully saturated rings. The Balaban J connectivity index is 2.27. The van der Waals surface area contributed by atoms with Gasteiger partial charge in [0.2, 0.25) is 5.91 Å². The summed E-state index contributed by atoms with van der Waals surface area (Å²) in [4.78, 5) is 13.5. The maximum atomic E-state index is 11.7. The first-order chi connectivity index (χ1) is 8.15. The SMILES string of the molecule is CCN(C)C(=O)CN[C@@H](C)C1CCCCCC1. The van der Waals surface area contributed by atoms with Crippen LogP contribution >= 0.6 is 0 Å². The third kappa shape index (κ3) is 5.07. The molecule has 0 unspecified atom stereocenters. The van der Waals surface area contributed by atoms with E-state index in [4.69, 9.17) is 0 Å². The van der Waals surface area contributed by atoms with Gasteiger partial charge in [-0.25, -0.2) is 0 Å². The summed E-state index contributed by atoms with van der Waals surface area (Å²) in [5.74, 6) is 0.963. The van der Waals surface area contributed by atoms with Gasteiger partial charge in [-0.05, 0) is 32.6 Å². The maximum Gasteiger partial charge on any atom is 0.236 e. The summed E-state index contributed by atoms with van der Waals surface area (Å²) >= 11 is 0. The fourth-order valence-corrected chi connectivity index (χ4v) is 2.54. The first-order valence-corrected chi connectivity index (χ1v) is 7.12. The van der Waals surface area contributed by atoms with Crippen LogP contribution < -0.4 is 5.32 Å². The molecule has 0 radical (unpaired) electrons. The second kappa shape index (κ2) is 7.70. The van der Waals surface area contributed by atoms with Crippen LogP contribution in [-0.2, 0) is 4.79 Å². The van der Waals surface area contributed by atoms with Gasteiger partial charge in [0.15, 0.2) is 0 Å². The van der Waals surface area contributed by atoms with Crippen molar-refractivity contribution in [2.75, 3.05) is 20.1 Å². The van der Waals surface area contributed by atoms with Gasteiger partial charge in [0, 0.05) is 19.6 Å². The summed E-state index contributed by atoms with van der Waals surface area (Å²) in [5.41, 5.74) is 0. The Morgan fingerprint density at radius 3 is 2.41 bits per heavy atom. The van der Waals surface area contributed by atoms with Gasteiger partial charge >= 0.3 is 0 Å². The first-order valence-electron chi connectivity index (χ1n) is 7.12. The molecule has 0 bridgehead atoms. The molecule has 1 saturated carbocycles. The summed E-state index contributed by atoms with van der Waals surface area (Å²) in [6.07, 6.45) is 8.15. The van der Waals surface area contributed by atoms with Crippen molar-refractivity contribution in [3.05, 3.63) is 0 Å². The summed E-state index contributed by atoms with van der Waals surface area (Å²) in [6.45, 7) is 5.52.